The third kappa shape index (κ3) is 4.76. The standard InChI is InChI=1S/C13H17ClN2O3S/c1-9(5-10(2)17)8-16-20(18,19)13-4-3-11(7-15)6-12(13)14/h3-4,6,9-10,16-17H,5,8H2,1-2H3. The molecule has 7 heteroatoms. The Bertz CT molecular complexity index is 609. The number of halogens is 1. The summed E-state index contributed by atoms with van der Waals surface area (Å²) in [6, 6.07) is 5.92. The summed E-state index contributed by atoms with van der Waals surface area (Å²) in [5.74, 6) is 0.00179. The summed E-state index contributed by atoms with van der Waals surface area (Å²) >= 11 is 5.88. The number of aliphatic hydroxyl groups is 1. The van der Waals surface area contributed by atoms with Gasteiger partial charge in [0.05, 0.1) is 22.8 Å². The minimum Gasteiger partial charge on any atom is -0.393 e. The van der Waals surface area contributed by atoms with E-state index in [9.17, 15) is 13.5 Å². The van der Waals surface area contributed by atoms with E-state index in [1.807, 2.05) is 13.0 Å². The maximum absolute atomic E-state index is 12.1. The van der Waals surface area contributed by atoms with Crippen molar-refractivity contribution < 1.29 is 13.5 Å². The van der Waals surface area contributed by atoms with E-state index in [1.165, 1.54) is 18.2 Å². The van der Waals surface area contributed by atoms with Gasteiger partial charge in [-0.2, -0.15) is 5.26 Å². The van der Waals surface area contributed by atoms with E-state index in [0.29, 0.717) is 12.0 Å². The van der Waals surface area contributed by atoms with Gasteiger partial charge in [0, 0.05) is 6.54 Å². The molecule has 0 aliphatic rings. The third-order valence-electron chi connectivity index (χ3n) is 2.72. The number of aliphatic hydroxyl groups excluding tert-OH is 1. The zero-order valence-corrected chi connectivity index (χ0v) is 12.9. The molecule has 0 bridgehead atoms. The van der Waals surface area contributed by atoms with E-state index >= 15 is 0 Å². The molecule has 2 unspecified atom stereocenters. The lowest BCUT2D eigenvalue weighted by Gasteiger charge is -2.15. The van der Waals surface area contributed by atoms with E-state index in [1.54, 1.807) is 6.92 Å². The summed E-state index contributed by atoms with van der Waals surface area (Å²) < 4.78 is 26.7. The second-order valence-electron chi connectivity index (χ2n) is 4.80. The fourth-order valence-electron chi connectivity index (χ4n) is 1.78. The van der Waals surface area contributed by atoms with E-state index in [2.05, 4.69) is 4.72 Å². The minimum atomic E-state index is -3.72. The van der Waals surface area contributed by atoms with Crippen LogP contribution in [-0.4, -0.2) is 26.2 Å². The molecule has 0 aliphatic heterocycles. The molecule has 5 nitrogen and oxygen atoms in total. The van der Waals surface area contributed by atoms with E-state index in [0.717, 1.165) is 0 Å². The van der Waals surface area contributed by atoms with Crippen molar-refractivity contribution in [3.05, 3.63) is 28.8 Å². The first-order chi connectivity index (χ1) is 9.26. The zero-order chi connectivity index (χ0) is 15.3. The van der Waals surface area contributed by atoms with Crippen molar-refractivity contribution in [2.24, 2.45) is 5.92 Å². The molecule has 2 N–H and O–H groups in total. The van der Waals surface area contributed by atoms with Gasteiger partial charge in [-0.05, 0) is 37.5 Å². The number of nitriles is 1. The molecule has 0 saturated heterocycles. The molecule has 0 aromatic heterocycles. The molecule has 20 heavy (non-hydrogen) atoms. The predicted molar refractivity (Wildman–Crippen MR) is 76.8 cm³/mol. The van der Waals surface area contributed by atoms with Gasteiger partial charge in [0.15, 0.2) is 0 Å². The van der Waals surface area contributed by atoms with E-state index in [4.69, 9.17) is 16.9 Å². The Labute approximate surface area is 124 Å². The van der Waals surface area contributed by atoms with Crippen LogP contribution < -0.4 is 4.72 Å². The lowest BCUT2D eigenvalue weighted by atomic mass is 10.1. The van der Waals surface area contributed by atoms with Crippen molar-refractivity contribution in [1.82, 2.24) is 4.72 Å². The molecule has 2 atom stereocenters. The number of nitrogens with zero attached hydrogens (tertiary/aromatic N) is 1. The van der Waals surface area contributed by atoms with Gasteiger partial charge in [0.25, 0.3) is 0 Å². The van der Waals surface area contributed by atoms with Crippen LogP contribution in [-0.2, 0) is 10.0 Å². The normalized spacial score (nSPS) is 14.6. The topological polar surface area (TPSA) is 90.2 Å². The van der Waals surface area contributed by atoms with Gasteiger partial charge in [-0.25, -0.2) is 13.1 Å². The predicted octanol–water partition coefficient (Wildman–Crippen LogP) is 1.90. The van der Waals surface area contributed by atoms with Gasteiger partial charge in [0.2, 0.25) is 10.0 Å². The van der Waals surface area contributed by atoms with Crippen molar-refractivity contribution in [2.75, 3.05) is 6.54 Å². The highest BCUT2D eigenvalue weighted by Gasteiger charge is 2.19. The van der Waals surface area contributed by atoms with Gasteiger partial charge in [-0.3, -0.25) is 0 Å². The number of sulfonamides is 1. The Morgan fingerprint density at radius 3 is 2.60 bits per heavy atom. The Balaban J connectivity index is 2.82. The summed E-state index contributed by atoms with van der Waals surface area (Å²) in [6.07, 6.45) is 0.0249. The molecule has 0 radical (unpaired) electrons. The number of benzene rings is 1. The Kier molecular flexibility index (Phi) is 5.96. The highest BCUT2D eigenvalue weighted by Crippen LogP contribution is 2.22. The average molecular weight is 317 g/mol. The fraction of sp³-hybridized carbons (Fsp3) is 0.462. The highest BCUT2D eigenvalue weighted by atomic mass is 35.5. The van der Waals surface area contributed by atoms with Crippen molar-refractivity contribution in [2.45, 2.75) is 31.3 Å². The third-order valence-corrected chi connectivity index (χ3v) is 4.62. The fourth-order valence-corrected chi connectivity index (χ4v) is 3.49. The summed E-state index contributed by atoms with van der Waals surface area (Å²) in [5, 5.41) is 18.0. The number of nitrogens with one attached hydrogen (secondary N) is 1. The molecule has 0 heterocycles. The molecule has 0 amide bonds. The largest absolute Gasteiger partial charge is 0.393 e. The van der Waals surface area contributed by atoms with Crippen LogP contribution >= 0.6 is 11.6 Å². The molecule has 110 valence electrons. The second-order valence-corrected chi connectivity index (χ2v) is 6.94. The molecule has 1 rings (SSSR count). The van der Waals surface area contributed by atoms with Crippen LogP contribution in [0.4, 0.5) is 0 Å². The summed E-state index contributed by atoms with van der Waals surface area (Å²) in [6.45, 7) is 3.71. The quantitative estimate of drug-likeness (QED) is 0.838. The van der Waals surface area contributed by atoms with E-state index in [-0.39, 0.29) is 22.4 Å². The molecule has 0 spiro atoms. The van der Waals surface area contributed by atoms with Crippen LogP contribution in [0.3, 0.4) is 0 Å². The maximum atomic E-state index is 12.1. The smallest absolute Gasteiger partial charge is 0.242 e. The molecule has 1 aromatic rings. The van der Waals surface area contributed by atoms with Crippen LogP contribution in [0.2, 0.25) is 5.02 Å². The second kappa shape index (κ2) is 7.04. The SMILES string of the molecule is CC(O)CC(C)CNS(=O)(=O)c1ccc(C#N)cc1Cl. The first-order valence-electron chi connectivity index (χ1n) is 6.13. The molecular weight excluding hydrogens is 300 g/mol. The van der Waals surface area contributed by atoms with Gasteiger partial charge in [0.1, 0.15) is 4.90 Å². The Hall–Kier alpha value is -1.13. The molecule has 0 aliphatic carbocycles. The first-order valence-corrected chi connectivity index (χ1v) is 7.99. The Morgan fingerprint density at radius 2 is 2.10 bits per heavy atom. The lowest BCUT2D eigenvalue weighted by molar-refractivity contribution is 0.165. The summed E-state index contributed by atoms with van der Waals surface area (Å²) in [7, 11) is -3.72. The van der Waals surface area contributed by atoms with Crippen molar-refractivity contribution in [3.8, 4) is 6.07 Å². The summed E-state index contributed by atoms with van der Waals surface area (Å²) in [4.78, 5) is -0.0533. The van der Waals surface area contributed by atoms with Crippen molar-refractivity contribution in [1.29, 1.82) is 5.26 Å². The monoisotopic (exact) mass is 316 g/mol. The average Bonchev–Trinajstić information content (AvgIpc) is 2.35. The first kappa shape index (κ1) is 16.9. The van der Waals surface area contributed by atoms with Gasteiger partial charge in [-0.15, -0.1) is 0 Å². The minimum absolute atomic E-state index is 0.00179. The van der Waals surface area contributed by atoms with Gasteiger partial charge in [-0.1, -0.05) is 18.5 Å². The van der Waals surface area contributed by atoms with Crippen LogP contribution in [0.25, 0.3) is 0 Å². The van der Waals surface area contributed by atoms with Gasteiger partial charge < -0.3 is 5.11 Å². The molecule has 0 saturated carbocycles. The zero-order valence-electron chi connectivity index (χ0n) is 11.3. The Morgan fingerprint density at radius 1 is 1.45 bits per heavy atom. The number of hydrogen-bond donors (Lipinski definition) is 2. The number of rotatable bonds is 6. The van der Waals surface area contributed by atoms with Crippen LogP contribution in [0.5, 0.6) is 0 Å². The highest BCUT2D eigenvalue weighted by molar-refractivity contribution is 7.89. The van der Waals surface area contributed by atoms with Gasteiger partial charge >= 0.3 is 0 Å². The van der Waals surface area contributed by atoms with Crippen LogP contribution in [0.15, 0.2) is 23.1 Å². The lowest BCUT2D eigenvalue weighted by Crippen LogP contribution is -2.29. The van der Waals surface area contributed by atoms with E-state index < -0.39 is 16.1 Å². The van der Waals surface area contributed by atoms with Crippen LogP contribution in [0.1, 0.15) is 25.8 Å². The summed E-state index contributed by atoms with van der Waals surface area (Å²) in [5.41, 5.74) is 0.302. The maximum Gasteiger partial charge on any atom is 0.242 e. The molecular formula is C13H17ClN2O3S. The van der Waals surface area contributed by atoms with Crippen LogP contribution in [0, 0.1) is 17.2 Å². The van der Waals surface area contributed by atoms with Crippen molar-refractivity contribution >= 4 is 21.6 Å². The number of hydrogen-bond acceptors (Lipinski definition) is 4. The molecule has 1 aromatic carbocycles. The molecule has 0 fully saturated rings. The van der Waals surface area contributed by atoms with Crippen molar-refractivity contribution in [3.63, 3.8) is 0 Å².